The number of fused-ring (bicyclic) bond motifs is 1. The minimum Gasteiger partial charge on any atom is -0.361 e. The first-order chi connectivity index (χ1) is 13.7. The van der Waals surface area contributed by atoms with E-state index in [1.54, 1.807) is 11.0 Å². The van der Waals surface area contributed by atoms with E-state index < -0.39 is 0 Å². The molecule has 0 radical (unpaired) electrons. The van der Waals surface area contributed by atoms with Crippen molar-refractivity contribution in [2.75, 3.05) is 26.2 Å². The van der Waals surface area contributed by atoms with Crippen molar-refractivity contribution in [1.29, 1.82) is 0 Å². The summed E-state index contributed by atoms with van der Waals surface area (Å²) < 4.78 is 13.9. The highest BCUT2D eigenvalue weighted by Crippen LogP contribution is 2.33. The third-order valence-electron chi connectivity index (χ3n) is 5.75. The fourth-order valence-corrected chi connectivity index (χ4v) is 4.27. The maximum absolute atomic E-state index is 13.9. The summed E-state index contributed by atoms with van der Waals surface area (Å²) in [6.45, 7) is 4.08. The lowest BCUT2D eigenvalue weighted by Gasteiger charge is -2.18. The van der Waals surface area contributed by atoms with Gasteiger partial charge in [-0.05, 0) is 29.3 Å². The van der Waals surface area contributed by atoms with E-state index in [0.717, 1.165) is 28.6 Å². The van der Waals surface area contributed by atoms with E-state index in [1.807, 2.05) is 36.5 Å². The molecule has 0 spiro atoms. The zero-order valence-corrected chi connectivity index (χ0v) is 16.0. The Bertz CT molecular complexity index is 946. The van der Waals surface area contributed by atoms with Crippen molar-refractivity contribution in [1.82, 2.24) is 10.3 Å². The van der Waals surface area contributed by atoms with Gasteiger partial charge < -0.3 is 15.2 Å². The van der Waals surface area contributed by atoms with E-state index in [-0.39, 0.29) is 17.6 Å². The summed E-state index contributed by atoms with van der Waals surface area (Å²) in [5, 5.41) is 4.15. The normalized spacial score (nSPS) is 15.8. The van der Waals surface area contributed by atoms with Crippen LogP contribution in [-0.2, 0) is 4.79 Å². The maximum Gasteiger partial charge on any atom is 0.221 e. The van der Waals surface area contributed by atoms with Crippen molar-refractivity contribution in [2.24, 2.45) is 0 Å². The predicted octanol–water partition coefficient (Wildman–Crippen LogP) is 2.62. The number of carbonyl (C=O) groups excluding carboxylic acids is 1. The fraction of sp³-hybridized carbons (Fsp3) is 0.348. The molecule has 2 heterocycles. The smallest absolute Gasteiger partial charge is 0.221 e. The third kappa shape index (κ3) is 4.25. The Labute approximate surface area is 164 Å². The molecule has 1 aromatic heterocycles. The molecule has 3 aromatic rings. The number of amides is 1. The Morgan fingerprint density at radius 3 is 2.79 bits per heavy atom. The molecular formula is C23H27FN3O+. The van der Waals surface area contributed by atoms with Crippen LogP contribution in [-0.4, -0.2) is 37.1 Å². The fourth-order valence-electron chi connectivity index (χ4n) is 4.27. The van der Waals surface area contributed by atoms with Gasteiger partial charge in [-0.25, -0.2) is 4.39 Å². The number of nitrogens with one attached hydrogen (secondary N) is 3. The standard InChI is InChI=1S/C23H26FN3O/c24-18-7-5-6-17(14-18)20(21-16-26-22-9-2-1-8-19(21)22)15-23(28)25-10-13-27-11-3-4-12-27/h1-2,5-9,14,16,20,26H,3-4,10-13,15H2,(H,25,28)/p+1/t20-/m1/s1. The molecule has 1 fully saturated rings. The van der Waals surface area contributed by atoms with Crippen LogP contribution in [0.4, 0.5) is 4.39 Å². The molecule has 2 aromatic carbocycles. The average Bonchev–Trinajstić information content (AvgIpc) is 3.36. The molecule has 4 rings (SSSR count). The van der Waals surface area contributed by atoms with Crippen LogP contribution in [0.3, 0.4) is 0 Å². The molecule has 0 saturated carbocycles. The first kappa shape index (κ1) is 18.7. The van der Waals surface area contributed by atoms with E-state index in [1.165, 1.54) is 38.1 Å². The van der Waals surface area contributed by atoms with Gasteiger partial charge in [-0.1, -0.05) is 30.3 Å². The number of aromatic nitrogens is 1. The second-order valence-electron chi connectivity index (χ2n) is 7.66. The quantitative estimate of drug-likeness (QED) is 0.580. The van der Waals surface area contributed by atoms with Gasteiger partial charge in [-0.2, -0.15) is 0 Å². The number of rotatable bonds is 7. The molecule has 0 unspecified atom stereocenters. The van der Waals surface area contributed by atoms with Gasteiger partial charge in [0.05, 0.1) is 26.2 Å². The molecule has 1 atom stereocenters. The van der Waals surface area contributed by atoms with Gasteiger partial charge in [0.15, 0.2) is 0 Å². The van der Waals surface area contributed by atoms with Crippen molar-refractivity contribution in [3.05, 3.63) is 71.7 Å². The van der Waals surface area contributed by atoms with Gasteiger partial charge in [-0.15, -0.1) is 0 Å². The molecular weight excluding hydrogens is 353 g/mol. The number of para-hydroxylation sites is 1. The summed E-state index contributed by atoms with van der Waals surface area (Å²) in [6, 6.07) is 14.6. The number of quaternary nitrogens is 1. The first-order valence-corrected chi connectivity index (χ1v) is 10.1. The Morgan fingerprint density at radius 2 is 1.96 bits per heavy atom. The molecule has 28 heavy (non-hydrogen) atoms. The zero-order chi connectivity index (χ0) is 19.3. The topological polar surface area (TPSA) is 49.3 Å². The lowest BCUT2D eigenvalue weighted by molar-refractivity contribution is -0.886. The third-order valence-corrected chi connectivity index (χ3v) is 5.75. The summed E-state index contributed by atoms with van der Waals surface area (Å²) in [7, 11) is 0. The van der Waals surface area contributed by atoms with Crippen LogP contribution in [0.15, 0.2) is 54.7 Å². The van der Waals surface area contributed by atoms with Gasteiger partial charge in [0.2, 0.25) is 5.91 Å². The van der Waals surface area contributed by atoms with Crippen LogP contribution in [0.5, 0.6) is 0 Å². The van der Waals surface area contributed by atoms with E-state index in [9.17, 15) is 9.18 Å². The van der Waals surface area contributed by atoms with E-state index in [2.05, 4.69) is 10.3 Å². The molecule has 1 saturated heterocycles. The largest absolute Gasteiger partial charge is 0.361 e. The van der Waals surface area contributed by atoms with Gasteiger partial charge in [-0.3, -0.25) is 4.79 Å². The number of carbonyl (C=O) groups is 1. The molecule has 4 nitrogen and oxygen atoms in total. The van der Waals surface area contributed by atoms with Crippen LogP contribution in [0, 0.1) is 5.82 Å². The summed E-state index contributed by atoms with van der Waals surface area (Å²) in [5.41, 5.74) is 2.88. The molecule has 1 aliphatic heterocycles. The Morgan fingerprint density at radius 1 is 1.14 bits per heavy atom. The number of aromatic amines is 1. The number of likely N-dealkylation sites (tertiary alicyclic amines) is 1. The maximum atomic E-state index is 13.9. The van der Waals surface area contributed by atoms with Gasteiger partial charge in [0.1, 0.15) is 5.82 Å². The van der Waals surface area contributed by atoms with Crippen LogP contribution in [0.1, 0.15) is 36.3 Å². The van der Waals surface area contributed by atoms with Crippen molar-refractivity contribution in [3.63, 3.8) is 0 Å². The summed E-state index contributed by atoms with van der Waals surface area (Å²) in [4.78, 5) is 17.5. The van der Waals surface area contributed by atoms with Crippen LogP contribution < -0.4 is 10.2 Å². The highest BCUT2D eigenvalue weighted by molar-refractivity contribution is 5.86. The van der Waals surface area contributed by atoms with E-state index in [4.69, 9.17) is 0 Å². The number of hydrogen-bond acceptors (Lipinski definition) is 1. The van der Waals surface area contributed by atoms with Crippen molar-refractivity contribution < 1.29 is 14.1 Å². The number of hydrogen-bond donors (Lipinski definition) is 3. The van der Waals surface area contributed by atoms with Crippen LogP contribution in [0.25, 0.3) is 10.9 Å². The van der Waals surface area contributed by atoms with E-state index >= 15 is 0 Å². The molecule has 0 aliphatic carbocycles. The highest BCUT2D eigenvalue weighted by atomic mass is 19.1. The van der Waals surface area contributed by atoms with Crippen molar-refractivity contribution in [3.8, 4) is 0 Å². The number of H-pyrrole nitrogens is 1. The molecule has 0 bridgehead atoms. The van der Waals surface area contributed by atoms with Crippen molar-refractivity contribution >= 4 is 16.8 Å². The zero-order valence-electron chi connectivity index (χ0n) is 16.0. The lowest BCUT2D eigenvalue weighted by atomic mass is 9.88. The number of benzene rings is 2. The molecule has 146 valence electrons. The SMILES string of the molecule is O=C(C[C@H](c1cccc(F)c1)c1c[nH]c2ccccc12)NCC[NH+]1CCCC1. The monoisotopic (exact) mass is 380 g/mol. The van der Waals surface area contributed by atoms with Crippen LogP contribution in [0.2, 0.25) is 0 Å². The summed E-state index contributed by atoms with van der Waals surface area (Å²) in [5.74, 6) is -0.454. The molecule has 1 aliphatic rings. The highest BCUT2D eigenvalue weighted by Gasteiger charge is 2.22. The van der Waals surface area contributed by atoms with E-state index in [0.29, 0.717) is 13.0 Å². The minimum absolute atomic E-state index is 0.0122. The second kappa shape index (κ2) is 8.57. The molecule has 1 amide bonds. The summed E-state index contributed by atoms with van der Waals surface area (Å²) >= 11 is 0. The van der Waals surface area contributed by atoms with Gasteiger partial charge in [0, 0.05) is 42.3 Å². The summed E-state index contributed by atoms with van der Waals surface area (Å²) in [6.07, 6.45) is 4.82. The van der Waals surface area contributed by atoms with Crippen LogP contribution >= 0.6 is 0 Å². The molecule has 5 heteroatoms. The Kier molecular flexibility index (Phi) is 5.72. The van der Waals surface area contributed by atoms with Gasteiger partial charge >= 0.3 is 0 Å². The van der Waals surface area contributed by atoms with Gasteiger partial charge in [0.25, 0.3) is 0 Å². The minimum atomic E-state index is -0.277. The molecule has 3 N–H and O–H groups in total. The Balaban J connectivity index is 1.52. The lowest BCUT2D eigenvalue weighted by Crippen LogP contribution is -3.10. The first-order valence-electron chi connectivity index (χ1n) is 10.1. The predicted molar refractivity (Wildman–Crippen MR) is 109 cm³/mol. The number of halogens is 1. The Hall–Kier alpha value is -2.66. The average molecular weight is 380 g/mol. The van der Waals surface area contributed by atoms with Crippen molar-refractivity contribution in [2.45, 2.75) is 25.2 Å². The second-order valence-corrected chi connectivity index (χ2v) is 7.66.